The molecule has 0 aliphatic carbocycles. The Kier molecular flexibility index (Phi) is 5.17. The van der Waals surface area contributed by atoms with Crippen LogP contribution in [0.1, 0.15) is 27.7 Å². The van der Waals surface area contributed by atoms with Crippen molar-refractivity contribution in [2.75, 3.05) is 16.5 Å². The third kappa shape index (κ3) is 3.59. The van der Waals surface area contributed by atoms with Gasteiger partial charge in [0.25, 0.3) is 0 Å². The first-order chi connectivity index (χ1) is 8.86. The normalized spacial score (nSPS) is 10.8. The maximum atomic E-state index is 11.7. The number of nitrogens with zero attached hydrogens (tertiary/aromatic N) is 1. The lowest BCUT2D eigenvalue weighted by molar-refractivity contribution is 0.0531. The molecule has 0 amide bonds. The summed E-state index contributed by atoms with van der Waals surface area (Å²) in [5.74, 6) is -0.585. The molecule has 1 aromatic rings. The van der Waals surface area contributed by atoms with Crippen LogP contribution in [0.3, 0.4) is 0 Å². The zero-order valence-electron chi connectivity index (χ0n) is 10.2. The van der Waals surface area contributed by atoms with Crippen molar-refractivity contribution in [2.45, 2.75) is 13.8 Å². The van der Waals surface area contributed by atoms with Crippen molar-refractivity contribution in [3.8, 4) is 6.07 Å². The highest BCUT2D eigenvalue weighted by molar-refractivity contribution is 7.94. The Morgan fingerprint density at radius 2 is 2.21 bits per heavy atom. The number of esters is 1. The van der Waals surface area contributed by atoms with E-state index in [4.69, 9.17) is 21.6 Å². The number of sulfonamides is 1. The molecule has 0 aromatic carbocycles. The summed E-state index contributed by atoms with van der Waals surface area (Å²) < 4.78 is 29.8. The molecule has 0 aliphatic heterocycles. The Bertz CT molecular complexity index is 631. The van der Waals surface area contributed by atoms with E-state index in [2.05, 4.69) is 4.72 Å². The molecule has 104 valence electrons. The Labute approximate surface area is 120 Å². The van der Waals surface area contributed by atoms with E-state index in [9.17, 15) is 13.2 Å². The molecular formula is C10H11ClN2O4S2. The highest BCUT2D eigenvalue weighted by atomic mass is 35.5. The minimum Gasteiger partial charge on any atom is -0.462 e. The van der Waals surface area contributed by atoms with Gasteiger partial charge in [0.15, 0.2) is 0 Å². The summed E-state index contributed by atoms with van der Waals surface area (Å²) in [5, 5.41) is 8.47. The van der Waals surface area contributed by atoms with Crippen LogP contribution in [0.5, 0.6) is 0 Å². The van der Waals surface area contributed by atoms with Gasteiger partial charge in [0.05, 0.1) is 12.2 Å². The number of carbonyl (C=O) groups is 1. The van der Waals surface area contributed by atoms with Gasteiger partial charge in [-0.05, 0) is 19.4 Å². The zero-order chi connectivity index (χ0) is 14.6. The topological polar surface area (TPSA) is 96.3 Å². The van der Waals surface area contributed by atoms with E-state index in [-0.39, 0.29) is 22.0 Å². The Morgan fingerprint density at radius 3 is 2.68 bits per heavy atom. The summed E-state index contributed by atoms with van der Waals surface area (Å²) >= 11 is 6.13. The average molecular weight is 323 g/mol. The van der Waals surface area contributed by atoms with Crippen LogP contribution in [-0.2, 0) is 14.8 Å². The van der Waals surface area contributed by atoms with Crippen LogP contribution < -0.4 is 4.72 Å². The summed E-state index contributed by atoms with van der Waals surface area (Å²) in [5.41, 5.74) is 0.486. The third-order valence-corrected chi connectivity index (χ3v) is 5.09. The van der Waals surface area contributed by atoms with Gasteiger partial charge in [-0.25, -0.2) is 13.2 Å². The third-order valence-electron chi connectivity index (χ3n) is 2.11. The van der Waals surface area contributed by atoms with Crippen molar-refractivity contribution in [3.63, 3.8) is 0 Å². The van der Waals surface area contributed by atoms with Gasteiger partial charge in [-0.2, -0.15) is 5.26 Å². The van der Waals surface area contributed by atoms with Crippen molar-refractivity contribution in [2.24, 2.45) is 0 Å². The molecule has 0 fully saturated rings. The smallest absolute Gasteiger partial charge is 0.348 e. The van der Waals surface area contributed by atoms with E-state index in [1.54, 1.807) is 13.8 Å². The predicted molar refractivity (Wildman–Crippen MR) is 73.0 cm³/mol. The zero-order valence-corrected chi connectivity index (χ0v) is 12.6. The van der Waals surface area contributed by atoms with E-state index in [0.717, 1.165) is 11.3 Å². The van der Waals surface area contributed by atoms with Gasteiger partial charge in [0.1, 0.15) is 21.2 Å². The van der Waals surface area contributed by atoms with Gasteiger partial charge in [0, 0.05) is 0 Å². The fourth-order valence-electron chi connectivity index (χ4n) is 1.28. The van der Waals surface area contributed by atoms with Crippen LogP contribution in [-0.4, -0.2) is 26.2 Å². The quantitative estimate of drug-likeness (QED) is 0.661. The van der Waals surface area contributed by atoms with E-state index in [0.29, 0.717) is 5.56 Å². The second kappa shape index (κ2) is 6.23. The maximum absolute atomic E-state index is 11.7. The second-order valence-electron chi connectivity index (χ2n) is 3.42. The van der Waals surface area contributed by atoms with E-state index in [1.807, 2.05) is 6.07 Å². The first-order valence-electron chi connectivity index (χ1n) is 5.13. The standard InChI is InChI=1S/C10H11ClN2O4S2/c1-3-17-10(14)8-6(2)7(4-12)9(18-8)13-19(15,16)5-11/h13H,3,5H2,1-2H3. The van der Waals surface area contributed by atoms with Crippen LogP contribution in [0.2, 0.25) is 0 Å². The molecule has 19 heavy (non-hydrogen) atoms. The number of nitrogens with one attached hydrogen (secondary N) is 1. The van der Waals surface area contributed by atoms with Crippen molar-refractivity contribution in [1.29, 1.82) is 5.26 Å². The molecule has 1 N–H and O–H groups in total. The van der Waals surface area contributed by atoms with Gasteiger partial charge in [-0.1, -0.05) is 0 Å². The number of hydrogen-bond acceptors (Lipinski definition) is 6. The van der Waals surface area contributed by atoms with Crippen LogP contribution in [0.15, 0.2) is 0 Å². The average Bonchev–Trinajstić information content (AvgIpc) is 2.65. The SMILES string of the molecule is CCOC(=O)c1sc(NS(=O)(=O)CCl)c(C#N)c1C. The van der Waals surface area contributed by atoms with Crippen molar-refractivity contribution >= 4 is 43.9 Å². The van der Waals surface area contributed by atoms with Crippen molar-refractivity contribution in [3.05, 3.63) is 16.0 Å². The lowest BCUT2D eigenvalue weighted by Gasteiger charge is -2.01. The minimum atomic E-state index is -3.72. The van der Waals surface area contributed by atoms with Crippen LogP contribution in [0.4, 0.5) is 5.00 Å². The van der Waals surface area contributed by atoms with Crippen LogP contribution >= 0.6 is 22.9 Å². The summed E-state index contributed by atoms with van der Waals surface area (Å²) in [6.07, 6.45) is 0. The van der Waals surface area contributed by atoms with Gasteiger partial charge >= 0.3 is 5.97 Å². The highest BCUT2D eigenvalue weighted by Gasteiger charge is 2.23. The lowest BCUT2D eigenvalue weighted by atomic mass is 10.2. The summed E-state index contributed by atoms with van der Waals surface area (Å²) in [6, 6.07) is 1.86. The highest BCUT2D eigenvalue weighted by Crippen LogP contribution is 2.33. The van der Waals surface area contributed by atoms with Crippen LogP contribution in [0.25, 0.3) is 0 Å². The molecule has 6 nitrogen and oxygen atoms in total. The fourth-order valence-corrected chi connectivity index (χ4v) is 3.33. The van der Waals surface area contributed by atoms with E-state index in [1.165, 1.54) is 0 Å². The molecule has 0 radical (unpaired) electrons. The molecular weight excluding hydrogens is 312 g/mol. The lowest BCUT2D eigenvalue weighted by Crippen LogP contribution is -2.13. The maximum Gasteiger partial charge on any atom is 0.348 e. The largest absolute Gasteiger partial charge is 0.462 e. The number of hydrogen-bond donors (Lipinski definition) is 1. The molecule has 0 spiro atoms. The molecule has 1 aromatic heterocycles. The van der Waals surface area contributed by atoms with Crippen LogP contribution in [0, 0.1) is 18.3 Å². The first-order valence-corrected chi connectivity index (χ1v) is 8.13. The summed E-state index contributed by atoms with van der Waals surface area (Å²) in [6.45, 7) is 3.41. The molecule has 0 bridgehead atoms. The second-order valence-corrected chi connectivity index (χ2v) is 6.75. The molecule has 0 saturated carbocycles. The molecule has 1 heterocycles. The fraction of sp³-hybridized carbons (Fsp3) is 0.400. The Morgan fingerprint density at radius 1 is 1.58 bits per heavy atom. The molecule has 1 rings (SSSR count). The number of rotatable bonds is 5. The number of anilines is 1. The Hall–Kier alpha value is -1.30. The van der Waals surface area contributed by atoms with Gasteiger partial charge in [-0.15, -0.1) is 22.9 Å². The number of halogens is 1. The van der Waals surface area contributed by atoms with Crippen molar-refractivity contribution in [1.82, 2.24) is 0 Å². The molecule has 9 heteroatoms. The number of nitriles is 1. The number of ether oxygens (including phenoxy) is 1. The van der Waals surface area contributed by atoms with E-state index >= 15 is 0 Å². The number of alkyl halides is 1. The van der Waals surface area contributed by atoms with Gasteiger partial charge in [-0.3, -0.25) is 4.72 Å². The summed E-state index contributed by atoms with van der Waals surface area (Å²) in [4.78, 5) is 11.9. The molecule has 0 saturated heterocycles. The minimum absolute atomic E-state index is 0.0729. The molecule has 0 unspecified atom stereocenters. The molecule has 0 atom stereocenters. The monoisotopic (exact) mass is 322 g/mol. The Balaban J connectivity index is 3.25. The summed E-state index contributed by atoms with van der Waals surface area (Å²) in [7, 11) is -3.72. The van der Waals surface area contributed by atoms with E-state index < -0.39 is 21.2 Å². The predicted octanol–water partition coefficient (Wildman–Crippen LogP) is 2.04. The van der Waals surface area contributed by atoms with Crippen molar-refractivity contribution < 1.29 is 17.9 Å². The number of carbonyl (C=O) groups excluding carboxylic acids is 1. The van der Waals surface area contributed by atoms with Gasteiger partial charge < -0.3 is 4.74 Å². The number of thiophene rings is 1. The first kappa shape index (κ1) is 15.8. The molecule has 0 aliphatic rings. The van der Waals surface area contributed by atoms with Gasteiger partial charge in [0.2, 0.25) is 10.0 Å².